The lowest BCUT2D eigenvalue weighted by molar-refractivity contribution is -0.432. The Labute approximate surface area is 191 Å². The predicted octanol–water partition coefficient (Wildman–Crippen LogP) is 5.13. The Morgan fingerprint density at radius 1 is 1.00 bits per heavy atom. The average Bonchev–Trinajstić information content (AvgIpc) is 3.13. The van der Waals surface area contributed by atoms with Crippen molar-refractivity contribution in [3.8, 4) is 0 Å². The van der Waals surface area contributed by atoms with Crippen molar-refractivity contribution in [2.24, 2.45) is 0 Å². The van der Waals surface area contributed by atoms with Gasteiger partial charge in [0.15, 0.2) is 5.71 Å². The van der Waals surface area contributed by atoms with Crippen LogP contribution in [0.4, 0.5) is 22.7 Å². The molecule has 2 aliphatic rings. The van der Waals surface area contributed by atoms with Crippen LogP contribution >= 0.6 is 0 Å². The minimum atomic E-state index is -0.511. The van der Waals surface area contributed by atoms with Crippen LogP contribution in [0, 0.1) is 5.41 Å². The molecule has 1 atom stereocenters. The summed E-state index contributed by atoms with van der Waals surface area (Å²) in [5, 5.41) is 8.25. The third-order valence-corrected chi connectivity index (χ3v) is 7.04. The van der Waals surface area contributed by atoms with Crippen LogP contribution in [0.5, 0.6) is 0 Å². The largest absolute Gasteiger partial charge is 0.399 e. The molecule has 0 amide bonds. The van der Waals surface area contributed by atoms with Gasteiger partial charge in [-0.2, -0.15) is 4.58 Å². The number of allylic oxidation sites excluding steroid dienone is 4. The standard InChI is InChI=1S/C27H34N5/c1-6-31-22-13-11-18(29)15-20(22)26(3,4)24(31)9-8-10-25-27(5,17-28)21-16-19(30)12-14-23(21)32(25)7-2/h8-17,28H,6-7,29-30H2,1-5H3/q+1. The number of fused-ring (bicyclic) bond motifs is 2. The Hall–Kier alpha value is -3.34. The molecule has 1 unspecified atom stereocenters. The van der Waals surface area contributed by atoms with Crippen LogP contribution in [0.1, 0.15) is 45.7 Å². The van der Waals surface area contributed by atoms with E-state index >= 15 is 0 Å². The first-order valence-electron chi connectivity index (χ1n) is 11.3. The van der Waals surface area contributed by atoms with Crippen molar-refractivity contribution in [3.63, 3.8) is 0 Å². The Balaban J connectivity index is 1.78. The molecule has 0 radical (unpaired) electrons. The maximum atomic E-state index is 8.25. The van der Waals surface area contributed by atoms with Gasteiger partial charge in [-0.3, -0.25) is 0 Å². The van der Waals surface area contributed by atoms with Gasteiger partial charge in [0, 0.05) is 58.6 Å². The second-order valence-electron chi connectivity index (χ2n) is 9.31. The number of rotatable bonds is 5. The second-order valence-corrected chi connectivity index (χ2v) is 9.31. The topological polar surface area (TPSA) is 82.1 Å². The SMILES string of the molecule is CCN1/C(=C/C=C/C2=[N+](CC)c3ccc(N)cc3C2(C)C=N)C(C)(C)c2cc(N)ccc21. The lowest BCUT2D eigenvalue weighted by atomic mass is 9.80. The van der Waals surface area contributed by atoms with E-state index in [1.165, 1.54) is 23.2 Å². The molecular weight excluding hydrogens is 394 g/mol. The number of nitrogen functional groups attached to an aromatic ring is 2. The normalized spacial score (nSPS) is 22.7. The molecular formula is C27H34N5+. The number of hydrogen-bond acceptors (Lipinski definition) is 4. The number of nitrogens with two attached hydrogens (primary N) is 2. The van der Waals surface area contributed by atoms with Crippen molar-refractivity contribution < 1.29 is 4.58 Å². The average molecular weight is 429 g/mol. The fraction of sp³-hybridized carbons (Fsp3) is 0.333. The molecule has 2 aromatic carbocycles. The van der Waals surface area contributed by atoms with Crippen molar-refractivity contribution in [3.05, 3.63) is 71.5 Å². The van der Waals surface area contributed by atoms with Gasteiger partial charge < -0.3 is 21.8 Å². The Morgan fingerprint density at radius 3 is 2.28 bits per heavy atom. The first kappa shape index (κ1) is 21.9. The Kier molecular flexibility index (Phi) is 5.24. The molecule has 0 bridgehead atoms. The van der Waals surface area contributed by atoms with Gasteiger partial charge >= 0.3 is 0 Å². The van der Waals surface area contributed by atoms with E-state index in [0.29, 0.717) is 0 Å². The van der Waals surface area contributed by atoms with E-state index in [-0.39, 0.29) is 5.41 Å². The molecule has 2 aromatic rings. The van der Waals surface area contributed by atoms with Crippen molar-refractivity contribution in [1.82, 2.24) is 0 Å². The van der Waals surface area contributed by atoms with E-state index in [1.807, 2.05) is 18.2 Å². The van der Waals surface area contributed by atoms with Gasteiger partial charge in [0.1, 0.15) is 12.0 Å². The van der Waals surface area contributed by atoms with Crippen molar-refractivity contribution in [2.45, 2.75) is 45.4 Å². The number of likely N-dealkylation sites (N-methyl/N-ethyl adjacent to an activating group) is 1. The Bertz CT molecular complexity index is 1180. The van der Waals surface area contributed by atoms with E-state index in [9.17, 15) is 0 Å². The van der Waals surface area contributed by atoms with E-state index in [2.05, 4.69) is 80.5 Å². The molecule has 0 aliphatic carbocycles. The number of benzene rings is 2. The molecule has 0 spiro atoms. The van der Waals surface area contributed by atoms with Crippen LogP contribution in [-0.2, 0) is 10.8 Å². The summed E-state index contributed by atoms with van der Waals surface area (Å²) in [6, 6.07) is 12.2. The van der Waals surface area contributed by atoms with Gasteiger partial charge in [-0.25, -0.2) is 0 Å². The summed E-state index contributed by atoms with van der Waals surface area (Å²) in [5.74, 6) is 0. The first-order valence-corrected chi connectivity index (χ1v) is 11.3. The highest BCUT2D eigenvalue weighted by atomic mass is 15.2. The molecule has 2 aliphatic heterocycles. The molecule has 2 heterocycles. The van der Waals surface area contributed by atoms with Crippen molar-refractivity contribution in [1.29, 1.82) is 5.41 Å². The highest BCUT2D eigenvalue weighted by Crippen LogP contribution is 2.48. The van der Waals surface area contributed by atoms with Crippen LogP contribution in [0.25, 0.3) is 0 Å². The van der Waals surface area contributed by atoms with Crippen molar-refractivity contribution >= 4 is 34.7 Å². The van der Waals surface area contributed by atoms with Gasteiger partial charge in [0.25, 0.3) is 0 Å². The number of anilines is 3. The summed E-state index contributed by atoms with van der Waals surface area (Å²) in [5.41, 5.74) is 20.1. The minimum Gasteiger partial charge on any atom is -0.399 e. The van der Waals surface area contributed by atoms with E-state index < -0.39 is 5.41 Å². The molecule has 0 aromatic heterocycles. The quantitative estimate of drug-likeness (QED) is 0.351. The van der Waals surface area contributed by atoms with Gasteiger partial charge in [0.05, 0.1) is 0 Å². The molecule has 5 N–H and O–H groups in total. The fourth-order valence-corrected chi connectivity index (χ4v) is 5.27. The van der Waals surface area contributed by atoms with Gasteiger partial charge in [-0.05, 0) is 62.7 Å². The molecule has 0 saturated heterocycles. The molecule has 0 fully saturated rings. The van der Waals surface area contributed by atoms with Crippen LogP contribution in [0.3, 0.4) is 0 Å². The van der Waals surface area contributed by atoms with Crippen LogP contribution in [-0.4, -0.2) is 29.6 Å². The fourth-order valence-electron chi connectivity index (χ4n) is 5.27. The second kappa shape index (κ2) is 7.66. The number of nitrogens with one attached hydrogen (secondary N) is 1. The van der Waals surface area contributed by atoms with Gasteiger partial charge in [-0.1, -0.05) is 19.9 Å². The maximum absolute atomic E-state index is 8.25. The number of hydrogen-bond donors (Lipinski definition) is 3. The molecule has 4 rings (SSSR count). The minimum absolute atomic E-state index is 0.141. The van der Waals surface area contributed by atoms with Crippen LogP contribution in [0.2, 0.25) is 0 Å². The molecule has 5 nitrogen and oxygen atoms in total. The molecule has 0 saturated carbocycles. The smallest absolute Gasteiger partial charge is 0.210 e. The monoisotopic (exact) mass is 428 g/mol. The first-order chi connectivity index (χ1) is 15.2. The van der Waals surface area contributed by atoms with E-state index in [1.54, 1.807) is 0 Å². The van der Waals surface area contributed by atoms with Crippen molar-refractivity contribution in [2.75, 3.05) is 29.5 Å². The van der Waals surface area contributed by atoms with Gasteiger partial charge in [-0.15, -0.1) is 0 Å². The summed E-state index contributed by atoms with van der Waals surface area (Å²) < 4.78 is 2.28. The van der Waals surface area contributed by atoms with Crippen LogP contribution in [0.15, 0.2) is 60.3 Å². The molecule has 166 valence electrons. The van der Waals surface area contributed by atoms with Gasteiger partial charge in [0.2, 0.25) is 5.69 Å². The predicted molar refractivity (Wildman–Crippen MR) is 137 cm³/mol. The number of nitrogens with zero attached hydrogens (tertiary/aromatic N) is 2. The molecule has 32 heavy (non-hydrogen) atoms. The lowest BCUT2D eigenvalue weighted by Crippen LogP contribution is -2.32. The highest BCUT2D eigenvalue weighted by molar-refractivity contribution is 6.14. The highest BCUT2D eigenvalue weighted by Gasteiger charge is 2.46. The lowest BCUT2D eigenvalue weighted by Gasteiger charge is -2.25. The summed E-state index contributed by atoms with van der Waals surface area (Å²) in [4.78, 5) is 2.36. The van der Waals surface area contributed by atoms with E-state index in [0.717, 1.165) is 41.4 Å². The summed E-state index contributed by atoms with van der Waals surface area (Å²) in [7, 11) is 0. The van der Waals surface area contributed by atoms with E-state index in [4.69, 9.17) is 16.9 Å². The third-order valence-electron chi connectivity index (χ3n) is 7.04. The van der Waals surface area contributed by atoms with Crippen LogP contribution < -0.4 is 16.4 Å². The zero-order chi connectivity index (χ0) is 23.3. The zero-order valence-corrected chi connectivity index (χ0v) is 19.7. The zero-order valence-electron chi connectivity index (χ0n) is 19.7. The maximum Gasteiger partial charge on any atom is 0.210 e. The Morgan fingerprint density at radius 2 is 1.66 bits per heavy atom. The molecule has 5 heteroatoms. The third kappa shape index (κ3) is 3.07. The summed E-state index contributed by atoms with van der Waals surface area (Å²) in [6.07, 6.45) is 8.02. The summed E-state index contributed by atoms with van der Waals surface area (Å²) >= 11 is 0. The summed E-state index contributed by atoms with van der Waals surface area (Å²) in [6.45, 7) is 12.6.